The van der Waals surface area contributed by atoms with E-state index < -0.39 is 29.8 Å². The fourth-order valence-electron chi connectivity index (χ4n) is 2.87. The molecule has 2 unspecified atom stereocenters. The van der Waals surface area contributed by atoms with Crippen molar-refractivity contribution in [2.45, 2.75) is 32.4 Å². The third kappa shape index (κ3) is 5.08. The third-order valence-electron chi connectivity index (χ3n) is 4.13. The number of Topliss-reactive ketones (excluding diaryl/α,β-unsaturated/α-hetero) is 1. The normalized spacial score (nSPS) is 19.8. The van der Waals surface area contributed by atoms with Gasteiger partial charge in [-0.05, 0) is 18.9 Å². The van der Waals surface area contributed by atoms with Crippen LogP contribution in [-0.2, 0) is 25.7 Å². The van der Waals surface area contributed by atoms with Crippen LogP contribution >= 0.6 is 11.6 Å². The van der Waals surface area contributed by atoms with Gasteiger partial charge in [0.2, 0.25) is 0 Å². The molecule has 1 aromatic rings. The van der Waals surface area contributed by atoms with E-state index in [1.807, 2.05) is 30.3 Å². The van der Waals surface area contributed by atoms with E-state index >= 15 is 0 Å². The van der Waals surface area contributed by atoms with E-state index in [1.54, 1.807) is 6.92 Å². The van der Waals surface area contributed by atoms with Crippen molar-refractivity contribution >= 4 is 29.4 Å². The first-order valence-corrected chi connectivity index (χ1v) is 8.82. The molecule has 0 bridgehead atoms. The first-order chi connectivity index (χ1) is 12.4. The monoisotopic (exact) mass is 379 g/mol. The number of amides is 1. The highest BCUT2D eigenvalue weighted by Gasteiger charge is 2.43. The van der Waals surface area contributed by atoms with Gasteiger partial charge >= 0.3 is 12.1 Å². The zero-order valence-electron chi connectivity index (χ0n) is 14.7. The molecule has 7 heteroatoms. The average Bonchev–Trinajstić information content (AvgIpc) is 2.62. The topological polar surface area (TPSA) is 72.9 Å². The second-order valence-electron chi connectivity index (χ2n) is 5.97. The van der Waals surface area contributed by atoms with Crippen molar-refractivity contribution in [1.29, 1.82) is 0 Å². The third-order valence-corrected chi connectivity index (χ3v) is 4.29. The van der Waals surface area contributed by atoms with Crippen LogP contribution in [-0.4, -0.2) is 41.9 Å². The smallest absolute Gasteiger partial charge is 0.410 e. The number of esters is 1. The van der Waals surface area contributed by atoms with E-state index in [2.05, 4.69) is 6.58 Å². The number of carbonyl (C=O) groups excluding carboxylic acids is 3. The molecule has 1 amide bonds. The number of ether oxygens (including phenoxy) is 2. The number of likely N-dealkylation sites (tertiary alicyclic amines) is 1. The number of nitrogens with zero attached hydrogens (tertiary/aromatic N) is 1. The number of hydrogen-bond donors (Lipinski definition) is 0. The van der Waals surface area contributed by atoms with Gasteiger partial charge in [0, 0.05) is 18.0 Å². The summed E-state index contributed by atoms with van der Waals surface area (Å²) < 4.78 is 10.3. The maximum atomic E-state index is 12.7. The maximum Gasteiger partial charge on any atom is 0.410 e. The van der Waals surface area contributed by atoms with Gasteiger partial charge in [-0.3, -0.25) is 14.5 Å². The van der Waals surface area contributed by atoms with Gasteiger partial charge in [0.1, 0.15) is 12.5 Å². The Morgan fingerprint density at radius 2 is 1.96 bits per heavy atom. The average molecular weight is 380 g/mol. The van der Waals surface area contributed by atoms with Crippen molar-refractivity contribution in [2.75, 3.05) is 13.2 Å². The highest BCUT2D eigenvalue weighted by atomic mass is 35.5. The summed E-state index contributed by atoms with van der Waals surface area (Å²) in [6.07, 6.45) is -0.354. The first-order valence-electron chi connectivity index (χ1n) is 8.45. The fraction of sp³-hybridized carbons (Fsp3) is 0.421. The Morgan fingerprint density at radius 1 is 1.27 bits per heavy atom. The molecule has 1 aliphatic heterocycles. The zero-order chi connectivity index (χ0) is 19.1. The lowest BCUT2D eigenvalue weighted by molar-refractivity contribution is -0.155. The summed E-state index contributed by atoms with van der Waals surface area (Å²) in [6.45, 7) is 5.77. The Bertz CT molecular complexity index is 676. The van der Waals surface area contributed by atoms with Gasteiger partial charge in [0.25, 0.3) is 0 Å². The fourth-order valence-corrected chi connectivity index (χ4v) is 3.02. The Morgan fingerprint density at radius 3 is 2.58 bits per heavy atom. The standard InChI is InChI=1S/C19H22ClNO5/c1-3-25-18(23)15-9-10-21(16(17(15)22)11-13(2)20)19(24)26-12-14-7-5-4-6-8-14/h4-8,15-16H,2-3,9-12H2,1H3. The minimum atomic E-state index is -0.894. The summed E-state index contributed by atoms with van der Waals surface area (Å²) in [5, 5.41) is 0.230. The number of piperidine rings is 1. The Balaban J connectivity index is 2.08. The molecule has 6 nitrogen and oxygen atoms in total. The summed E-state index contributed by atoms with van der Waals surface area (Å²) in [7, 11) is 0. The largest absolute Gasteiger partial charge is 0.465 e. The van der Waals surface area contributed by atoms with Crippen molar-refractivity contribution in [1.82, 2.24) is 4.90 Å². The number of rotatable bonds is 6. The Labute approximate surface area is 157 Å². The molecule has 1 heterocycles. The molecule has 0 saturated carbocycles. The molecule has 2 rings (SSSR count). The van der Waals surface area contributed by atoms with E-state index in [0.717, 1.165) is 5.56 Å². The zero-order valence-corrected chi connectivity index (χ0v) is 15.4. The summed E-state index contributed by atoms with van der Waals surface area (Å²) in [6, 6.07) is 8.35. The van der Waals surface area contributed by atoms with Gasteiger partial charge in [0.15, 0.2) is 5.78 Å². The lowest BCUT2D eigenvalue weighted by atomic mass is 9.88. The highest BCUT2D eigenvalue weighted by molar-refractivity contribution is 6.29. The first kappa shape index (κ1) is 20.0. The van der Waals surface area contributed by atoms with Crippen molar-refractivity contribution < 1.29 is 23.9 Å². The number of carbonyl (C=O) groups is 3. The van der Waals surface area contributed by atoms with Crippen LogP contribution in [0.1, 0.15) is 25.3 Å². The number of ketones is 1. The van der Waals surface area contributed by atoms with E-state index in [0.29, 0.717) is 0 Å². The van der Waals surface area contributed by atoms with Crippen LogP contribution in [0.15, 0.2) is 41.9 Å². The molecule has 0 aromatic heterocycles. The van der Waals surface area contributed by atoms with Gasteiger partial charge in [-0.1, -0.05) is 48.5 Å². The van der Waals surface area contributed by atoms with Gasteiger partial charge in [-0.15, -0.1) is 0 Å². The van der Waals surface area contributed by atoms with Crippen LogP contribution in [0.5, 0.6) is 0 Å². The molecular weight excluding hydrogens is 358 g/mol. The van der Waals surface area contributed by atoms with Crippen molar-refractivity contribution in [3.8, 4) is 0 Å². The summed E-state index contributed by atoms with van der Waals surface area (Å²) in [5.41, 5.74) is 0.840. The van der Waals surface area contributed by atoms with E-state index in [9.17, 15) is 14.4 Å². The summed E-state index contributed by atoms with van der Waals surface area (Å²) >= 11 is 5.87. The van der Waals surface area contributed by atoms with Crippen molar-refractivity contribution in [3.63, 3.8) is 0 Å². The van der Waals surface area contributed by atoms with E-state index in [1.165, 1.54) is 4.90 Å². The minimum absolute atomic E-state index is 0.0662. The van der Waals surface area contributed by atoms with Gasteiger partial charge < -0.3 is 9.47 Å². The molecular formula is C19H22ClNO5. The molecule has 2 atom stereocenters. The quantitative estimate of drug-likeness (QED) is 0.560. The predicted octanol–water partition coefficient (Wildman–Crippen LogP) is 3.29. The Hall–Kier alpha value is -2.34. The van der Waals surface area contributed by atoms with Crippen LogP contribution in [0.4, 0.5) is 4.79 Å². The molecule has 0 N–H and O–H groups in total. The van der Waals surface area contributed by atoms with E-state index in [-0.39, 0.29) is 37.6 Å². The van der Waals surface area contributed by atoms with Crippen LogP contribution in [0.25, 0.3) is 0 Å². The van der Waals surface area contributed by atoms with Crippen LogP contribution in [0, 0.1) is 5.92 Å². The summed E-state index contributed by atoms with van der Waals surface area (Å²) in [4.78, 5) is 38.5. The van der Waals surface area contributed by atoms with Crippen molar-refractivity contribution in [3.05, 3.63) is 47.5 Å². The molecule has 1 saturated heterocycles. The molecule has 1 fully saturated rings. The summed E-state index contributed by atoms with van der Waals surface area (Å²) in [5.74, 6) is -1.86. The molecule has 0 radical (unpaired) electrons. The van der Waals surface area contributed by atoms with Gasteiger partial charge in [-0.2, -0.15) is 0 Å². The SMILES string of the molecule is C=C(Cl)CC1C(=O)C(C(=O)OCC)CCN1C(=O)OCc1ccccc1. The molecule has 1 aromatic carbocycles. The van der Waals surface area contributed by atoms with Gasteiger partial charge in [0.05, 0.1) is 12.6 Å². The van der Waals surface area contributed by atoms with E-state index in [4.69, 9.17) is 21.1 Å². The van der Waals surface area contributed by atoms with Crippen LogP contribution in [0.3, 0.4) is 0 Å². The Kier molecular flexibility index (Phi) is 7.21. The molecule has 0 aliphatic carbocycles. The minimum Gasteiger partial charge on any atom is -0.465 e. The second-order valence-corrected chi connectivity index (χ2v) is 6.50. The van der Waals surface area contributed by atoms with Gasteiger partial charge in [-0.25, -0.2) is 4.79 Å². The maximum absolute atomic E-state index is 12.7. The lowest BCUT2D eigenvalue weighted by Crippen LogP contribution is -2.54. The molecule has 140 valence electrons. The number of halogens is 1. The predicted molar refractivity (Wildman–Crippen MR) is 96.5 cm³/mol. The second kappa shape index (κ2) is 9.38. The number of hydrogen-bond acceptors (Lipinski definition) is 5. The highest BCUT2D eigenvalue weighted by Crippen LogP contribution is 2.26. The van der Waals surface area contributed by atoms with Crippen LogP contribution in [0.2, 0.25) is 0 Å². The van der Waals surface area contributed by atoms with Crippen molar-refractivity contribution in [2.24, 2.45) is 5.92 Å². The molecule has 1 aliphatic rings. The molecule has 26 heavy (non-hydrogen) atoms. The number of benzene rings is 1. The lowest BCUT2D eigenvalue weighted by Gasteiger charge is -2.36. The molecule has 0 spiro atoms. The van der Waals surface area contributed by atoms with Crippen LogP contribution < -0.4 is 0 Å².